The van der Waals surface area contributed by atoms with Crippen LogP contribution in [0.15, 0.2) is 0 Å². The first kappa shape index (κ1) is 13.7. The van der Waals surface area contributed by atoms with E-state index in [0.717, 1.165) is 19.5 Å². The maximum absolute atomic E-state index is 11.8. The molecule has 1 heterocycles. The van der Waals surface area contributed by atoms with Crippen LogP contribution in [0.4, 0.5) is 13.2 Å². The van der Waals surface area contributed by atoms with Gasteiger partial charge < -0.3 is 10.2 Å². The van der Waals surface area contributed by atoms with Gasteiger partial charge in [0.1, 0.15) is 0 Å². The fourth-order valence-corrected chi connectivity index (χ4v) is 2.15. The lowest BCUT2D eigenvalue weighted by molar-refractivity contribution is -0.325. The molecule has 2 atom stereocenters. The van der Waals surface area contributed by atoms with Gasteiger partial charge in [-0.15, -0.1) is 13.2 Å². The minimum absolute atomic E-state index is 0.277. The molecule has 1 saturated heterocycles. The minimum atomic E-state index is -4.51. The summed E-state index contributed by atoms with van der Waals surface area (Å²) in [6.07, 6.45) is -3.53. The fraction of sp³-hybridized carbons (Fsp3) is 1.00. The monoisotopic (exact) mass is 240 g/mol. The lowest BCUT2D eigenvalue weighted by atomic mass is 9.94. The number of hydrogen-bond acceptors (Lipinski definition) is 3. The van der Waals surface area contributed by atoms with E-state index in [-0.39, 0.29) is 6.61 Å². The van der Waals surface area contributed by atoms with Crippen LogP contribution in [0.2, 0.25) is 0 Å². The van der Waals surface area contributed by atoms with Crippen LogP contribution < -0.4 is 5.32 Å². The summed E-state index contributed by atoms with van der Waals surface area (Å²) in [5.41, 5.74) is 0. The molecule has 1 aliphatic rings. The van der Waals surface area contributed by atoms with Gasteiger partial charge in [-0.1, -0.05) is 6.92 Å². The van der Waals surface area contributed by atoms with Crippen LogP contribution in [0.5, 0.6) is 0 Å². The lowest BCUT2D eigenvalue weighted by Gasteiger charge is -2.36. The van der Waals surface area contributed by atoms with E-state index >= 15 is 0 Å². The van der Waals surface area contributed by atoms with Crippen molar-refractivity contribution in [2.45, 2.75) is 25.7 Å². The summed E-state index contributed by atoms with van der Waals surface area (Å²) in [7, 11) is 1.92. The van der Waals surface area contributed by atoms with Crippen molar-refractivity contribution in [1.82, 2.24) is 10.2 Å². The van der Waals surface area contributed by atoms with E-state index in [1.807, 2.05) is 11.9 Å². The Morgan fingerprint density at radius 3 is 2.62 bits per heavy atom. The Morgan fingerprint density at radius 1 is 1.44 bits per heavy atom. The SMILES string of the molecule is CNC1CCN(CCOC(F)(F)F)CC1C. The van der Waals surface area contributed by atoms with Crippen LogP contribution in [0, 0.1) is 5.92 Å². The second-order valence-corrected chi connectivity index (χ2v) is 4.26. The molecule has 0 amide bonds. The Labute approximate surface area is 93.9 Å². The van der Waals surface area contributed by atoms with Gasteiger partial charge in [0.25, 0.3) is 0 Å². The van der Waals surface area contributed by atoms with Gasteiger partial charge in [-0.3, -0.25) is 4.74 Å². The minimum Gasteiger partial charge on any atom is -0.317 e. The van der Waals surface area contributed by atoms with Gasteiger partial charge in [0, 0.05) is 19.1 Å². The van der Waals surface area contributed by atoms with Crippen molar-refractivity contribution in [2.75, 3.05) is 33.3 Å². The molecule has 96 valence electrons. The van der Waals surface area contributed by atoms with E-state index < -0.39 is 6.36 Å². The Hall–Kier alpha value is -0.330. The largest absolute Gasteiger partial charge is 0.522 e. The Bertz CT molecular complexity index is 211. The highest BCUT2D eigenvalue weighted by Gasteiger charge is 2.30. The van der Waals surface area contributed by atoms with Crippen LogP contribution >= 0.6 is 0 Å². The maximum Gasteiger partial charge on any atom is 0.522 e. The summed E-state index contributed by atoms with van der Waals surface area (Å²) in [5.74, 6) is 0.463. The van der Waals surface area contributed by atoms with E-state index in [9.17, 15) is 13.2 Å². The van der Waals surface area contributed by atoms with Crippen LogP contribution in [0.25, 0.3) is 0 Å². The van der Waals surface area contributed by atoms with Crippen LogP contribution in [0.1, 0.15) is 13.3 Å². The highest BCUT2D eigenvalue weighted by atomic mass is 19.4. The molecule has 1 rings (SSSR count). The summed E-state index contributed by atoms with van der Waals surface area (Å²) < 4.78 is 39.0. The van der Waals surface area contributed by atoms with Gasteiger partial charge in [-0.25, -0.2) is 0 Å². The second-order valence-electron chi connectivity index (χ2n) is 4.26. The smallest absolute Gasteiger partial charge is 0.317 e. The predicted molar refractivity (Wildman–Crippen MR) is 55.1 cm³/mol. The molecular weight excluding hydrogens is 221 g/mol. The van der Waals surface area contributed by atoms with Crippen molar-refractivity contribution < 1.29 is 17.9 Å². The summed E-state index contributed by atoms with van der Waals surface area (Å²) in [6.45, 7) is 3.84. The van der Waals surface area contributed by atoms with Gasteiger partial charge in [-0.2, -0.15) is 0 Å². The van der Waals surface area contributed by atoms with Gasteiger partial charge in [0.2, 0.25) is 0 Å². The average Bonchev–Trinajstić information content (AvgIpc) is 2.16. The quantitative estimate of drug-likeness (QED) is 0.805. The number of nitrogens with zero attached hydrogens (tertiary/aromatic N) is 1. The van der Waals surface area contributed by atoms with E-state index in [0.29, 0.717) is 18.5 Å². The first-order chi connectivity index (χ1) is 7.42. The van der Waals surface area contributed by atoms with Crippen LogP contribution in [0.3, 0.4) is 0 Å². The number of halogens is 3. The molecule has 0 aliphatic carbocycles. The zero-order valence-corrected chi connectivity index (χ0v) is 9.68. The second kappa shape index (κ2) is 5.84. The maximum atomic E-state index is 11.8. The summed E-state index contributed by atoms with van der Waals surface area (Å²) in [5, 5.41) is 3.22. The molecule has 16 heavy (non-hydrogen) atoms. The third-order valence-electron chi connectivity index (χ3n) is 3.03. The first-order valence-corrected chi connectivity index (χ1v) is 5.52. The third kappa shape index (κ3) is 4.67. The molecule has 0 saturated carbocycles. The van der Waals surface area contributed by atoms with Crippen LogP contribution in [-0.4, -0.2) is 50.6 Å². The third-order valence-corrected chi connectivity index (χ3v) is 3.03. The number of rotatable bonds is 4. The number of likely N-dealkylation sites (tertiary alicyclic amines) is 1. The number of piperidine rings is 1. The van der Waals surface area contributed by atoms with Crippen molar-refractivity contribution >= 4 is 0 Å². The molecule has 1 N–H and O–H groups in total. The molecule has 0 aromatic carbocycles. The molecule has 0 radical (unpaired) electrons. The van der Waals surface area contributed by atoms with Crippen molar-refractivity contribution in [1.29, 1.82) is 0 Å². The van der Waals surface area contributed by atoms with Crippen molar-refractivity contribution in [3.05, 3.63) is 0 Å². The first-order valence-electron chi connectivity index (χ1n) is 5.52. The molecule has 0 spiro atoms. The molecule has 0 bridgehead atoms. The number of ether oxygens (including phenoxy) is 1. The number of hydrogen-bond donors (Lipinski definition) is 1. The summed E-state index contributed by atoms with van der Waals surface area (Å²) in [4.78, 5) is 2.02. The van der Waals surface area contributed by atoms with Crippen molar-refractivity contribution in [3.8, 4) is 0 Å². The van der Waals surface area contributed by atoms with E-state index in [1.165, 1.54) is 0 Å². The van der Waals surface area contributed by atoms with Gasteiger partial charge in [-0.05, 0) is 25.9 Å². The Kier molecular flexibility index (Phi) is 5.01. The Morgan fingerprint density at radius 2 is 2.12 bits per heavy atom. The zero-order chi connectivity index (χ0) is 12.2. The number of nitrogens with one attached hydrogen (secondary N) is 1. The van der Waals surface area contributed by atoms with Crippen LogP contribution in [-0.2, 0) is 4.74 Å². The van der Waals surface area contributed by atoms with Crippen molar-refractivity contribution in [2.24, 2.45) is 5.92 Å². The summed E-state index contributed by atoms with van der Waals surface area (Å²) in [6, 6.07) is 0.472. The molecule has 1 fully saturated rings. The highest BCUT2D eigenvalue weighted by molar-refractivity contribution is 4.81. The van der Waals surface area contributed by atoms with E-state index in [4.69, 9.17) is 0 Å². The van der Waals surface area contributed by atoms with Crippen molar-refractivity contribution in [3.63, 3.8) is 0 Å². The molecule has 0 aromatic rings. The molecule has 1 aliphatic heterocycles. The molecule has 3 nitrogen and oxygen atoms in total. The topological polar surface area (TPSA) is 24.5 Å². The molecule has 0 aromatic heterocycles. The molecular formula is C10H19F3N2O. The van der Waals surface area contributed by atoms with Gasteiger partial charge in [0.15, 0.2) is 0 Å². The van der Waals surface area contributed by atoms with E-state index in [1.54, 1.807) is 0 Å². The standard InChI is InChI=1S/C10H19F3N2O/c1-8-7-15(4-3-9(8)14-2)5-6-16-10(11,12)13/h8-9,14H,3-7H2,1-2H3. The Balaban J connectivity index is 2.20. The lowest BCUT2D eigenvalue weighted by Crippen LogP contribution is -2.48. The van der Waals surface area contributed by atoms with Gasteiger partial charge in [0.05, 0.1) is 6.61 Å². The highest BCUT2D eigenvalue weighted by Crippen LogP contribution is 2.18. The molecule has 2 unspecified atom stereocenters. The molecule has 6 heteroatoms. The van der Waals surface area contributed by atoms with E-state index in [2.05, 4.69) is 17.0 Å². The van der Waals surface area contributed by atoms with Gasteiger partial charge >= 0.3 is 6.36 Å². The summed E-state index contributed by atoms with van der Waals surface area (Å²) >= 11 is 0. The zero-order valence-electron chi connectivity index (χ0n) is 9.68. The fourth-order valence-electron chi connectivity index (χ4n) is 2.15. The average molecular weight is 240 g/mol. The predicted octanol–water partition coefficient (Wildman–Crippen LogP) is 1.45. The normalized spacial score (nSPS) is 28.3. The number of alkyl halides is 3.